The van der Waals surface area contributed by atoms with E-state index in [4.69, 9.17) is 4.52 Å². The number of amides is 1. The molecule has 2 rings (SSSR count). The van der Waals surface area contributed by atoms with E-state index in [0.29, 0.717) is 11.4 Å². The van der Waals surface area contributed by atoms with Crippen LogP contribution < -0.4 is 5.32 Å². The molecule has 1 heterocycles. The summed E-state index contributed by atoms with van der Waals surface area (Å²) < 4.78 is 6.80. The van der Waals surface area contributed by atoms with Crippen molar-refractivity contribution >= 4 is 50.3 Å². The number of aryl methyl sites for hydroxylation is 1. The van der Waals surface area contributed by atoms with Crippen LogP contribution in [0.2, 0.25) is 0 Å². The van der Waals surface area contributed by atoms with E-state index in [1.165, 1.54) is 0 Å². The highest BCUT2D eigenvalue weighted by Gasteiger charge is 2.15. The van der Waals surface area contributed by atoms with E-state index in [0.717, 1.165) is 19.3 Å². The molecule has 0 aliphatic heterocycles. The van der Waals surface area contributed by atoms with Gasteiger partial charge in [0.05, 0.1) is 11.3 Å². The monoisotopic (exact) mass is 420 g/mol. The number of hydrogen-bond acceptors (Lipinski definition) is 3. The summed E-state index contributed by atoms with van der Waals surface area (Å²) in [7, 11) is 0. The van der Waals surface area contributed by atoms with Crippen LogP contribution in [0.1, 0.15) is 21.6 Å². The number of benzene rings is 1. The molecule has 6 heteroatoms. The summed E-state index contributed by atoms with van der Waals surface area (Å²) in [4.78, 5) is 12.1. The van der Waals surface area contributed by atoms with Crippen molar-refractivity contribution in [3.05, 3.63) is 43.1 Å². The number of halogens is 2. The van der Waals surface area contributed by atoms with Crippen LogP contribution >= 0.6 is 38.5 Å². The summed E-state index contributed by atoms with van der Waals surface area (Å²) in [5, 5.41) is 6.52. The van der Waals surface area contributed by atoms with E-state index in [1.54, 1.807) is 6.07 Å². The SMILES string of the molecule is Cc1noc(NC(=O)c2cc(Br)ccc2I)c1C. The molecular weight excluding hydrogens is 411 g/mol. The maximum atomic E-state index is 12.1. The van der Waals surface area contributed by atoms with Crippen molar-refractivity contribution in [2.24, 2.45) is 0 Å². The van der Waals surface area contributed by atoms with Gasteiger partial charge < -0.3 is 4.52 Å². The number of hydrogen-bond donors (Lipinski definition) is 1. The Morgan fingerprint density at radius 2 is 2.17 bits per heavy atom. The second-order valence-corrected chi connectivity index (χ2v) is 5.88. The smallest absolute Gasteiger partial charge is 0.259 e. The lowest BCUT2D eigenvalue weighted by atomic mass is 10.2. The molecule has 0 fully saturated rings. The number of nitrogens with zero attached hydrogens (tertiary/aromatic N) is 1. The molecule has 94 valence electrons. The van der Waals surface area contributed by atoms with Gasteiger partial charge >= 0.3 is 0 Å². The van der Waals surface area contributed by atoms with Crippen LogP contribution in [0.15, 0.2) is 27.2 Å². The first-order chi connectivity index (χ1) is 8.49. The summed E-state index contributed by atoms with van der Waals surface area (Å²) in [6.07, 6.45) is 0. The Hall–Kier alpha value is -0.890. The molecule has 0 saturated heterocycles. The zero-order valence-electron chi connectivity index (χ0n) is 9.75. The largest absolute Gasteiger partial charge is 0.338 e. The summed E-state index contributed by atoms with van der Waals surface area (Å²) in [5.41, 5.74) is 2.21. The molecule has 0 radical (unpaired) electrons. The van der Waals surface area contributed by atoms with Gasteiger partial charge in [-0.25, -0.2) is 0 Å². The highest BCUT2D eigenvalue weighted by Crippen LogP contribution is 2.22. The van der Waals surface area contributed by atoms with Crippen LogP contribution in [-0.2, 0) is 0 Å². The van der Waals surface area contributed by atoms with Crippen molar-refractivity contribution in [3.63, 3.8) is 0 Å². The van der Waals surface area contributed by atoms with Gasteiger partial charge in [0.15, 0.2) is 0 Å². The maximum Gasteiger partial charge on any atom is 0.259 e. The first kappa shape index (κ1) is 13.5. The molecule has 0 aliphatic carbocycles. The minimum absolute atomic E-state index is 0.208. The van der Waals surface area contributed by atoms with Gasteiger partial charge in [-0.15, -0.1) is 0 Å². The van der Waals surface area contributed by atoms with Gasteiger partial charge in [-0.2, -0.15) is 0 Å². The first-order valence-corrected chi connectivity index (χ1v) is 7.05. The number of aromatic nitrogens is 1. The average Bonchev–Trinajstić information content (AvgIpc) is 2.64. The van der Waals surface area contributed by atoms with Gasteiger partial charge in [0.25, 0.3) is 5.91 Å². The first-order valence-electron chi connectivity index (χ1n) is 5.18. The molecule has 18 heavy (non-hydrogen) atoms. The van der Waals surface area contributed by atoms with Gasteiger partial charge in [0.2, 0.25) is 5.88 Å². The molecule has 4 nitrogen and oxygen atoms in total. The molecular formula is C12H10BrIN2O2. The number of anilines is 1. The molecule has 1 amide bonds. The van der Waals surface area contributed by atoms with Gasteiger partial charge in [0.1, 0.15) is 0 Å². The second-order valence-electron chi connectivity index (χ2n) is 3.80. The fraction of sp³-hybridized carbons (Fsp3) is 0.167. The predicted octanol–water partition coefficient (Wildman–Crippen LogP) is 3.91. The molecule has 0 unspecified atom stereocenters. The fourth-order valence-electron chi connectivity index (χ4n) is 1.37. The number of carbonyl (C=O) groups is 1. The third-order valence-electron chi connectivity index (χ3n) is 2.56. The van der Waals surface area contributed by atoms with E-state index in [2.05, 4.69) is 49.0 Å². The minimum Gasteiger partial charge on any atom is -0.338 e. The Morgan fingerprint density at radius 1 is 1.44 bits per heavy atom. The standard InChI is InChI=1S/C12H10BrIN2O2/c1-6-7(2)16-18-12(6)15-11(17)9-5-8(13)3-4-10(9)14/h3-5H,1-2H3,(H,15,17). The molecule has 1 aromatic heterocycles. The van der Waals surface area contributed by atoms with Gasteiger partial charge in [-0.3, -0.25) is 10.1 Å². The molecule has 1 aromatic carbocycles. The quantitative estimate of drug-likeness (QED) is 0.749. The minimum atomic E-state index is -0.208. The maximum absolute atomic E-state index is 12.1. The fourth-order valence-corrected chi connectivity index (χ4v) is 2.32. The summed E-state index contributed by atoms with van der Waals surface area (Å²) in [6, 6.07) is 5.54. The number of rotatable bonds is 2. The van der Waals surface area contributed by atoms with E-state index in [-0.39, 0.29) is 5.91 Å². The summed E-state index contributed by atoms with van der Waals surface area (Å²) >= 11 is 5.47. The van der Waals surface area contributed by atoms with Crippen LogP contribution in [0, 0.1) is 17.4 Å². The van der Waals surface area contributed by atoms with Crippen molar-refractivity contribution in [3.8, 4) is 0 Å². The van der Waals surface area contributed by atoms with Crippen LogP contribution in [0.4, 0.5) is 5.88 Å². The van der Waals surface area contributed by atoms with E-state index < -0.39 is 0 Å². The van der Waals surface area contributed by atoms with Gasteiger partial charge in [-0.05, 0) is 54.6 Å². The third kappa shape index (κ3) is 2.74. The van der Waals surface area contributed by atoms with Crippen LogP contribution in [0.3, 0.4) is 0 Å². The van der Waals surface area contributed by atoms with E-state index >= 15 is 0 Å². The molecule has 0 aliphatic rings. The normalized spacial score (nSPS) is 10.4. The number of nitrogens with one attached hydrogen (secondary N) is 1. The van der Waals surface area contributed by atoms with Crippen molar-refractivity contribution < 1.29 is 9.32 Å². The van der Waals surface area contributed by atoms with E-state index in [1.807, 2.05) is 26.0 Å². The van der Waals surface area contributed by atoms with Gasteiger partial charge in [0, 0.05) is 13.6 Å². The van der Waals surface area contributed by atoms with Crippen molar-refractivity contribution in [2.75, 3.05) is 5.32 Å². The van der Waals surface area contributed by atoms with Crippen molar-refractivity contribution in [2.45, 2.75) is 13.8 Å². The van der Waals surface area contributed by atoms with Gasteiger partial charge in [-0.1, -0.05) is 21.1 Å². The zero-order valence-corrected chi connectivity index (χ0v) is 13.5. The van der Waals surface area contributed by atoms with Crippen LogP contribution in [0.5, 0.6) is 0 Å². The lowest BCUT2D eigenvalue weighted by Gasteiger charge is -2.05. The topological polar surface area (TPSA) is 55.1 Å². The Balaban J connectivity index is 2.27. The van der Waals surface area contributed by atoms with Crippen molar-refractivity contribution in [1.82, 2.24) is 5.16 Å². The van der Waals surface area contributed by atoms with E-state index in [9.17, 15) is 4.79 Å². The Kier molecular flexibility index (Phi) is 4.06. The molecule has 0 spiro atoms. The molecule has 0 saturated carbocycles. The summed E-state index contributed by atoms with van der Waals surface area (Å²) in [6.45, 7) is 3.69. The lowest BCUT2D eigenvalue weighted by Crippen LogP contribution is -2.13. The highest BCUT2D eigenvalue weighted by atomic mass is 127. The second kappa shape index (κ2) is 5.40. The number of carbonyl (C=O) groups excluding carboxylic acids is 1. The Labute approximate surface area is 126 Å². The molecule has 1 N–H and O–H groups in total. The van der Waals surface area contributed by atoms with Crippen molar-refractivity contribution in [1.29, 1.82) is 0 Å². The zero-order chi connectivity index (χ0) is 13.3. The lowest BCUT2D eigenvalue weighted by molar-refractivity contribution is 0.102. The third-order valence-corrected chi connectivity index (χ3v) is 3.99. The molecule has 0 bridgehead atoms. The average molecular weight is 421 g/mol. The Bertz CT molecular complexity index is 610. The predicted molar refractivity (Wildman–Crippen MR) is 80.8 cm³/mol. The Morgan fingerprint density at radius 3 is 2.78 bits per heavy atom. The molecule has 2 aromatic rings. The highest BCUT2D eigenvalue weighted by molar-refractivity contribution is 14.1. The molecule has 0 atom stereocenters. The van der Waals surface area contributed by atoms with Crippen LogP contribution in [0.25, 0.3) is 0 Å². The summed E-state index contributed by atoms with van der Waals surface area (Å²) in [5.74, 6) is 0.188. The van der Waals surface area contributed by atoms with Crippen LogP contribution in [-0.4, -0.2) is 11.1 Å².